The maximum absolute atomic E-state index is 12.6. The number of carbonyl (C=O) groups is 1. The van der Waals surface area contributed by atoms with Crippen LogP contribution in [0.1, 0.15) is 0 Å². The highest BCUT2D eigenvalue weighted by Crippen LogP contribution is 2.08. The van der Waals surface area contributed by atoms with Crippen LogP contribution in [0.25, 0.3) is 0 Å². The van der Waals surface area contributed by atoms with E-state index in [9.17, 15) is 9.18 Å². The van der Waals surface area contributed by atoms with Crippen molar-refractivity contribution in [1.82, 2.24) is 0 Å². The molecule has 0 bridgehead atoms. The molecule has 1 amide bonds. The quantitative estimate of drug-likeness (QED) is 0.672. The second-order valence-electron chi connectivity index (χ2n) is 2.36. The number of hydrogen-bond acceptors (Lipinski definition) is 2. The minimum absolute atomic E-state index is 0.381. The Labute approximate surface area is 75.1 Å². The van der Waals surface area contributed by atoms with Crippen LogP contribution in [-0.4, -0.2) is 5.91 Å². The molecule has 0 saturated heterocycles. The number of nitrogens with two attached hydrogens (primary N) is 1. The van der Waals surface area contributed by atoms with Gasteiger partial charge in [0.2, 0.25) is 5.91 Å². The Balaban J connectivity index is 2.69. The molecule has 0 radical (unpaired) electrons. The molecule has 0 aromatic heterocycles. The van der Waals surface area contributed by atoms with Gasteiger partial charge in [0.1, 0.15) is 5.82 Å². The van der Waals surface area contributed by atoms with Gasteiger partial charge in [-0.3, -0.25) is 4.79 Å². The van der Waals surface area contributed by atoms with Crippen LogP contribution in [-0.2, 0) is 4.79 Å². The van der Waals surface area contributed by atoms with E-state index in [1.807, 2.05) is 0 Å². The summed E-state index contributed by atoms with van der Waals surface area (Å²) in [7, 11) is 0. The zero-order chi connectivity index (χ0) is 9.68. The molecule has 3 nitrogen and oxygen atoms in total. The predicted octanol–water partition coefficient (Wildman–Crippen LogP) is 1.24. The Bertz CT molecular complexity index is 336. The van der Waals surface area contributed by atoms with Crippen molar-refractivity contribution in [3.8, 4) is 0 Å². The van der Waals surface area contributed by atoms with Crippen molar-refractivity contribution in [2.45, 2.75) is 0 Å². The van der Waals surface area contributed by atoms with Crippen LogP contribution in [0.3, 0.4) is 0 Å². The van der Waals surface area contributed by atoms with Gasteiger partial charge in [0.25, 0.3) is 0 Å². The Morgan fingerprint density at radius 1 is 1.54 bits per heavy atom. The summed E-state index contributed by atoms with van der Waals surface area (Å²) in [6.45, 7) is 0. The van der Waals surface area contributed by atoms with E-state index in [2.05, 4.69) is 5.32 Å². The molecule has 0 saturated carbocycles. The first-order valence-electron chi connectivity index (χ1n) is 3.67. The Hall–Kier alpha value is -1.84. The van der Waals surface area contributed by atoms with E-state index in [0.29, 0.717) is 5.69 Å². The van der Waals surface area contributed by atoms with Gasteiger partial charge in [-0.1, -0.05) is 6.07 Å². The first-order valence-corrected chi connectivity index (χ1v) is 3.67. The molecule has 0 aliphatic carbocycles. The van der Waals surface area contributed by atoms with Gasteiger partial charge in [-0.15, -0.1) is 0 Å². The second kappa shape index (κ2) is 4.25. The lowest BCUT2D eigenvalue weighted by Crippen LogP contribution is -2.08. The molecule has 13 heavy (non-hydrogen) atoms. The van der Waals surface area contributed by atoms with Gasteiger partial charge in [0.15, 0.2) is 0 Å². The fourth-order valence-corrected chi connectivity index (χ4v) is 0.838. The standard InChI is InChI=1S/C9H9FN2O/c10-7-2-1-3-8(6-7)12-9(13)4-5-11/h1-6H,11H2,(H,12,13)/b5-4-. The zero-order valence-corrected chi connectivity index (χ0v) is 6.83. The molecule has 1 aromatic rings. The average molecular weight is 180 g/mol. The molecule has 1 aromatic carbocycles. The van der Waals surface area contributed by atoms with Crippen LogP contribution < -0.4 is 11.1 Å². The number of amides is 1. The van der Waals surface area contributed by atoms with E-state index in [1.165, 1.54) is 18.2 Å². The molecule has 0 fully saturated rings. The third kappa shape index (κ3) is 2.94. The van der Waals surface area contributed by atoms with Crippen LogP contribution in [0, 0.1) is 5.82 Å². The monoisotopic (exact) mass is 180 g/mol. The van der Waals surface area contributed by atoms with Gasteiger partial charge < -0.3 is 11.1 Å². The summed E-state index contributed by atoms with van der Waals surface area (Å²) >= 11 is 0. The van der Waals surface area contributed by atoms with Crippen molar-refractivity contribution in [2.75, 3.05) is 5.32 Å². The van der Waals surface area contributed by atoms with E-state index in [1.54, 1.807) is 6.07 Å². The van der Waals surface area contributed by atoms with Gasteiger partial charge in [-0.25, -0.2) is 4.39 Å². The fraction of sp³-hybridized carbons (Fsp3) is 0. The first kappa shape index (κ1) is 9.25. The Morgan fingerprint density at radius 2 is 2.31 bits per heavy atom. The van der Waals surface area contributed by atoms with E-state index >= 15 is 0 Å². The number of benzene rings is 1. The van der Waals surface area contributed by atoms with Crippen molar-refractivity contribution in [1.29, 1.82) is 0 Å². The van der Waals surface area contributed by atoms with Gasteiger partial charge in [0, 0.05) is 11.8 Å². The van der Waals surface area contributed by atoms with Crippen molar-refractivity contribution in [2.24, 2.45) is 5.73 Å². The lowest BCUT2D eigenvalue weighted by atomic mass is 10.3. The largest absolute Gasteiger partial charge is 0.404 e. The maximum atomic E-state index is 12.6. The molecule has 68 valence electrons. The molecular formula is C9H9FN2O. The molecule has 0 spiro atoms. The van der Waals surface area contributed by atoms with Crippen LogP contribution in [0.5, 0.6) is 0 Å². The van der Waals surface area contributed by atoms with E-state index in [0.717, 1.165) is 12.3 Å². The summed E-state index contributed by atoms with van der Waals surface area (Å²) in [5, 5.41) is 2.44. The van der Waals surface area contributed by atoms with E-state index in [4.69, 9.17) is 5.73 Å². The summed E-state index contributed by atoms with van der Waals surface area (Å²) in [6, 6.07) is 5.62. The van der Waals surface area contributed by atoms with Crippen molar-refractivity contribution >= 4 is 11.6 Å². The normalized spacial score (nSPS) is 10.2. The third-order valence-corrected chi connectivity index (χ3v) is 1.34. The summed E-state index contributed by atoms with van der Waals surface area (Å²) < 4.78 is 12.6. The summed E-state index contributed by atoms with van der Waals surface area (Å²) in [5.74, 6) is -0.775. The van der Waals surface area contributed by atoms with Gasteiger partial charge in [-0.2, -0.15) is 0 Å². The SMILES string of the molecule is N/C=C\C(=O)Nc1cccc(F)c1. The molecule has 0 aliphatic rings. The number of anilines is 1. The van der Waals surface area contributed by atoms with Crippen LogP contribution in [0.4, 0.5) is 10.1 Å². The average Bonchev–Trinajstić information content (AvgIpc) is 2.04. The molecule has 0 aliphatic heterocycles. The molecule has 0 atom stereocenters. The molecule has 0 unspecified atom stereocenters. The highest BCUT2D eigenvalue weighted by Gasteiger charge is 1.97. The molecule has 4 heteroatoms. The second-order valence-corrected chi connectivity index (χ2v) is 2.36. The minimum atomic E-state index is -0.394. The first-order chi connectivity index (χ1) is 6.22. The number of rotatable bonds is 2. The number of halogens is 1. The molecular weight excluding hydrogens is 171 g/mol. The maximum Gasteiger partial charge on any atom is 0.249 e. The van der Waals surface area contributed by atoms with Crippen molar-refractivity contribution < 1.29 is 9.18 Å². The molecule has 0 heterocycles. The van der Waals surface area contributed by atoms with Gasteiger partial charge in [-0.05, 0) is 24.4 Å². The summed E-state index contributed by atoms with van der Waals surface area (Å²) in [4.78, 5) is 10.9. The molecule has 1 rings (SSSR count). The summed E-state index contributed by atoms with van der Waals surface area (Å²) in [5.41, 5.74) is 5.40. The minimum Gasteiger partial charge on any atom is -0.404 e. The third-order valence-electron chi connectivity index (χ3n) is 1.34. The van der Waals surface area contributed by atoms with Crippen molar-refractivity contribution in [3.63, 3.8) is 0 Å². The molecule has 3 N–H and O–H groups in total. The smallest absolute Gasteiger partial charge is 0.249 e. The Morgan fingerprint density at radius 3 is 2.92 bits per heavy atom. The predicted molar refractivity (Wildman–Crippen MR) is 48.4 cm³/mol. The van der Waals surface area contributed by atoms with Crippen LogP contribution in [0.2, 0.25) is 0 Å². The lowest BCUT2D eigenvalue weighted by molar-refractivity contribution is -0.111. The highest BCUT2D eigenvalue weighted by molar-refractivity contribution is 5.99. The van der Waals surface area contributed by atoms with Crippen LogP contribution in [0.15, 0.2) is 36.5 Å². The highest BCUT2D eigenvalue weighted by atomic mass is 19.1. The topological polar surface area (TPSA) is 55.1 Å². The summed E-state index contributed by atoms with van der Waals surface area (Å²) in [6.07, 6.45) is 2.28. The Kier molecular flexibility index (Phi) is 3.03. The fourth-order valence-electron chi connectivity index (χ4n) is 0.838. The van der Waals surface area contributed by atoms with Crippen molar-refractivity contribution in [3.05, 3.63) is 42.4 Å². The van der Waals surface area contributed by atoms with E-state index < -0.39 is 5.82 Å². The zero-order valence-electron chi connectivity index (χ0n) is 6.83. The van der Waals surface area contributed by atoms with Crippen LogP contribution >= 0.6 is 0 Å². The number of hydrogen-bond donors (Lipinski definition) is 2. The van der Waals surface area contributed by atoms with Gasteiger partial charge in [0.05, 0.1) is 0 Å². The number of carbonyl (C=O) groups excluding carboxylic acids is 1. The number of nitrogens with one attached hydrogen (secondary N) is 1. The van der Waals surface area contributed by atoms with Gasteiger partial charge >= 0.3 is 0 Å². The lowest BCUT2D eigenvalue weighted by Gasteiger charge is -2.00. The van der Waals surface area contributed by atoms with E-state index in [-0.39, 0.29) is 5.91 Å².